The van der Waals surface area contributed by atoms with Crippen molar-refractivity contribution in [2.24, 2.45) is 0 Å². The van der Waals surface area contributed by atoms with Crippen LogP contribution in [0.3, 0.4) is 0 Å². The number of carbonyl (C=O) groups excluding carboxylic acids is 1. The molecule has 1 aromatic heterocycles. The third-order valence-electron chi connectivity index (χ3n) is 6.46. The van der Waals surface area contributed by atoms with Crippen molar-refractivity contribution < 1.29 is 9.53 Å². The topological polar surface area (TPSA) is 58.6 Å². The van der Waals surface area contributed by atoms with E-state index in [2.05, 4.69) is 23.0 Å². The molecule has 1 saturated heterocycles. The van der Waals surface area contributed by atoms with Gasteiger partial charge in [-0.25, -0.2) is 9.97 Å². The fraction of sp³-hybridized carbons (Fsp3) is 0.522. The Bertz CT molecular complexity index is 916. The van der Waals surface area contributed by atoms with Crippen LogP contribution < -0.4 is 0 Å². The number of ether oxygens (including phenoxy) is 1. The number of carbonyl (C=O) groups is 1. The van der Waals surface area contributed by atoms with Gasteiger partial charge in [0.15, 0.2) is 6.10 Å². The van der Waals surface area contributed by atoms with E-state index >= 15 is 0 Å². The molecule has 29 heavy (non-hydrogen) atoms. The standard InChI is InChI=1S/C23H28N4O2/c1-26-11-8-20-18(14-26)13-24-22(25-20)17-6-4-10-27(15-17)23(28)21-19-7-3-2-5-16(19)9-12-29-21/h2-3,5,7,13,17,21H,4,6,8-12,14-15H2,1H3. The smallest absolute Gasteiger partial charge is 0.256 e. The Kier molecular flexibility index (Phi) is 5.06. The lowest BCUT2D eigenvalue weighted by Crippen LogP contribution is -2.43. The molecule has 0 aliphatic carbocycles. The number of aromatic nitrogens is 2. The Labute approximate surface area is 171 Å². The molecule has 1 amide bonds. The minimum atomic E-state index is -0.473. The van der Waals surface area contributed by atoms with Gasteiger partial charge < -0.3 is 14.5 Å². The second-order valence-corrected chi connectivity index (χ2v) is 8.51. The highest BCUT2D eigenvalue weighted by molar-refractivity contribution is 5.83. The monoisotopic (exact) mass is 392 g/mol. The predicted octanol–water partition coefficient (Wildman–Crippen LogP) is 2.48. The second-order valence-electron chi connectivity index (χ2n) is 8.51. The Morgan fingerprint density at radius 1 is 1.17 bits per heavy atom. The highest BCUT2D eigenvalue weighted by atomic mass is 16.5. The summed E-state index contributed by atoms with van der Waals surface area (Å²) in [7, 11) is 2.13. The zero-order chi connectivity index (χ0) is 19.8. The van der Waals surface area contributed by atoms with Gasteiger partial charge in [-0.15, -0.1) is 0 Å². The first-order valence-electron chi connectivity index (χ1n) is 10.7. The maximum atomic E-state index is 13.3. The number of likely N-dealkylation sites (N-methyl/N-ethyl adjacent to an activating group) is 1. The average molecular weight is 393 g/mol. The summed E-state index contributed by atoms with van der Waals surface area (Å²) in [5, 5.41) is 0. The van der Waals surface area contributed by atoms with Crippen molar-refractivity contribution in [3.63, 3.8) is 0 Å². The molecule has 0 radical (unpaired) electrons. The molecule has 3 aliphatic rings. The number of hydrogen-bond acceptors (Lipinski definition) is 5. The van der Waals surface area contributed by atoms with Crippen LogP contribution in [0, 0.1) is 0 Å². The second kappa shape index (κ2) is 7.84. The van der Waals surface area contributed by atoms with Crippen LogP contribution >= 0.6 is 0 Å². The number of rotatable bonds is 2. The van der Waals surface area contributed by atoms with Gasteiger partial charge in [-0.3, -0.25) is 4.79 Å². The Morgan fingerprint density at radius 3 is 3.00 bits per heavy atom. The number of amides is 1. The van der Waals surface area contributed by atoms with Gasteiger partial charge in [0.05, 0.1) is 6.61 Å². The third-order valence-corrected chi connectivity index (χ3v) is 6.46. The van der Waals surface area contributed by atoms with E-state index in [4.69, 9.17) is 9.72 Å². The first-order chi connectivity index (χ1) is 14.2. The fourth-order valence-electron chi connectivity index (χ4n) is 4.82. The van der Waals surface area contributed by atoms with Gasteiger partial charge in [-0.05, 0) is 37.4 Å². The van der Waals surface area contributed by atoms with Crippen molar-refractivity contribution in [3.05, 3.63) is 58.7 Å². The van der Waals surface area contributed by atoms with E-state index in [1.165, 1.54) is 16.8 Å². The molecule has 0 spiro atoms. The van der Waals surface area contributed by atoms with Crippen LogP contribution in [-0.4, -0.2) is 59.0 Å². The summed E-state index contributed by atoms with van der Waals surface area (Å²) in [5.41, 5.74) is 4.67. The number of hydrogen-bond donors (Lipinski definition) is 0. The number of piperidine rings is 1. The molecule has 6 heteroatoms. The summed E-state index contributed by atoms with van der Waals surface area (Å²) in [5.74, 6) is 1.19. The predicted molar refractivity (Wildman–Crippen MR) is 109 cm³/mol. The zero-order valence-corrected chi connectivity index (χ0v) is 17.0. The highest BCUT2D eigenvalue weighted by Gasteiger charge is 2.34. The van der Waals surface area contributed by atoms with E-state index in [9.17, 15) is 4.79 Å². The van der Waals surface area contributed by atoms with Crippen LogP contribution in [0.5, 0.6) is 0 Å². The van der Waals surface area contributed by atoms with Gasteiger partial charge in [-0.2, -0.15) is 0 Å². The van der Waals surface area contributed by atoms with Crippen molar-refractivity contribution in [1.82, 2.24) is 19.8 Å². The fourth-order valence-corrected chi connectivity index (χ4v) is 4.82. The lowest BCUT2D eigenvalue weighted by atomic mass is 9.93. The summed E-state index contributed by atoms with van der Waals surface area (Å²) in [4.78, 5) is 27.2. The van der Waals surface area contributed by atoms with Crippen LogP contribution in [0.25, 0.3) is 0 Å². The van der Waals surface area contributed by atoms with Crippen LogP contribution in [0.1, 0.15) is 53.1 Å². The van der Waals surface area contributed by atoms with Gasteiger partial charge in [0.25, 0.3) is 5.91 Å². The normalized spacial score (nSPS) is 24.7. The number of nitrogens with zero attached hydrogens (tertiary/aromatic N) is 4. The van der Waals surface area contributed by atoms with Gasteiger partial charge >= 0.3 is 0 Å². The van der Waals surface area contributed by atoms with Crippen molar-refractivity contribution in [1.29, 1.82) is 0 Å². The van der Waals surface area contributed by atoms with Gasteiger partial charge in [0.1, 0.15) is 5.82 Å². The summed E-state index contributed by atoms with van der Waals surface area (Å²) in [6.45, 7) is 4.03. The molecule has 2 atom stereocenters. The molecular formula is C23H28N4O2. The number of fused-ring (bicyclic) bond motifs is 2. The summed E-state index contributed by atoms with van der Waals surface area (Å²) < 4.78 is 5.92. The van der Waals surface area contributed by atoms with Crippen LogP contribution in [0.2, 0.25) is 0 Å². The largest absolute Gasteiger partial charge is 0.363 e. The Balaban J connectivity index is 1.33. The van der Waals surface area contributed by atoms with Gasteiger partial charge in [0.2, 0.25) is 0 Å². The molecule has 0 N–H and O–H groups in total. The molecule has 0 saturated carbocycles. The van der Waals surface area contributed by atoms with Gasteiger partial charge in [0, 0.05) is 56.0 Å². The SMILES string of the molecule is CN1CCc2nc(C3CCCN(C(=O)C4OCCc5ccccc54)C3)ncc2C1. The van der Waals surface area contributed by atoms with E-state index in [1.54, 1.807) is 0 Å². The minimum Gasteiger partial charge on any atom is -0.363 e. The molecule has 152 valence electrons. The summed E-state index contributed by atoms with van der Waals surface area (Å²) in [6, 6.07) is 8.16. The third kappa shape index (κ3) is 3.67. The first-order valence-corrected chi connectivity index (χ1v) is 10.7. The molecular weight excluding hydrogens is 364 g/mol. The van der Waals surface area contributed by atoms with Gasteiger partial charge in [-0.1, -0.05) is 24.3 Å². The molecule has 5 rings (SSSR count). The van der Waals surface area contributed by atoms with Crippen molar-refractivity contribution in [2.45, 2.75) is 44.2 Å². The maximum absolute atomic E-state index is 13.3. The van der Waals surface area contributed by atoms with Crippen LogP contribution in [0.4, 0.5) is 0 Å². The van der Waals surface area contributed by atoms with Crippen molar-refractivity contribution >= 4 is 5.91 Å². The van der Waals surface area contributed by atoms with E-state index in [0.29, 0.717) is 13.2 Å². The maximum Gasteiger partial charge on any atom is 0.256 e. The molecule has 0 bridgehead atoms. The Morgan fingerprint density at radius 2 is 2.07 bits per heavy atom. The van der Waals surface area contributed by atoms with Crippen molar-refractivity contribution in [2.75, 3.05) is 33.3 Å². The van der Waals surface area contributed by atoms with Crippen LogP contribution in [-0.2, 0) is 28.9 Å². The summed E-state index contributed by atoms with van der Waals surface area (Å²) in [6.07, 6.45) is 5.38. The van der Waals surface area contributed by atoms with Crippen LogP contribution in [0.15, 0.2) is 30.5 Å². The molecule has 1 aromatic carbocycles. The zero-order valence-electron chi connectivity index (χ0n) is 17.0. The number of likely N-dealkylation sites (tertiary alicyclic amines) is 1. The molecule has 1 fully saturated rings. The molecule has 4 heterocycles. The number of benzene rings is 1. The van der Waals surface area contributed by atoms with E-state index < -0.39 is 6.10 Å². The van der Waals surface area contributed by atoms with E-state index in [0.717, 1.165) is 56.7 Å². The minimum absolute atomic E-state index is 0.0847. The molecule has 2 aromatic rings. The molecule has 2 unspecified atom stereocenters. The lowest BCUT2D eigenvalue weighted by Gasteiger charge is -2.36. The summed E-state index contributed by atoms with van der Waals surface area (Å²) >= 11 is 0. The Hall–Kier alpha value is -2.31. The van der Waals surface area contributed by atoms with E-state index in [1.807, 2.05) is 29.3 Å². The lowest BCUT2D eigenvalue weighted by molar-refractivity contribution is -0.146. The molecule has 6 nitrogen and oxygen atoms in total. The average Bonchev–Trinajstić information content (AvgIpc) is 2.78. The van der Waals surface area contributed by atoms with E-state index in [-0.39, 0.29) is 11.8 Å². The first kappa shape index (κ1) is 18.7. The van der Waals surface area contributed by atoms with Crippen molar-refractivity contribution in [3.8, 4) is 0 Å². The molecule has 3 aliphatic heterocycles. The highest BCUT2D eigenvalue weighted by Crippen LogP contribution is 2.32. The quantitative estimate of drug-likeness (QED) is 0.786.